The van der Waals surface area contributed by atoms with Crippen molar-refractivity contribution in [1.82, 2.24) is 10.2 Å². The minimum atomic E-state index is 0. The van der Waals surface area contributed by atoms with Crippen molar-refractivity contribution in [1.29, 1.82) is 0 Å². The summed E-state index contributed by atoms with van der Waals surface area (Å²) in [5, 5.41) is 3.77. The molecular formula is C18H33N3S. The van der Waals surface area contributed by atoms with Gasteiger partial charge >= 0.3 is 0 Å². The molecule has 1 fully saturated rings. The van der Waals surface area contributed by atoms with Crippen molar-refractivity contribution < 1.29 is 1.43 Å². The lowest BCUT2D eigenvalue weighted by atomic mass is 9.83. The molecule has 22 heavy (non-hydrogen) atoms. The first-order valence-corrected chi connectivity index (χ1v) is 9.74. The van der Waals surface area contributed by atoms with Gasteiger partial charge in [-0.1, -0.05) is 31.9 Å². The Kier molecular flexibility index (Phi) is 5.72. The van der Waals surface area contributed by atoms with Crippen molar-refractivity contribution >= 4 is 18.6 Å². The van der Waals surface area contributed by atoms with E-state index in [0.717, 1.165) is 24.6 Å². The molecule has 0 saturated heterocycles. The molecular weight excluding hydrogens is 290 g/mol. The molecule has 3 nitrogen and oxygen atoms in total. The minimum Gasteiger partial charge on any atom is -0.353 e. The quantitative estimate of drug-likeness (QED) is 0.609. The fourth-order valence-electron chi connectivity index (χ4n) is 4.01. The maximum Gasteiger partial charge on any atom is 0.194 e. The number of fused-ring (bicyclic) bond motifs is 1. The lowest BCUT2D eigenvalue weighted by Gasteiger charge is -2.42. The Morgan fingerprint density at radius 1 is 1.36 bits per heavy atom. The van der Waals surface area contributed by atoms with Crippen LogP contribution < -0.4 is 5.32 Å². The fraction of sp³-hybridized carbons (Fsp3) is 0.833. The van der Waals surface area contributed by atoms with Crippen LogP contribution in [-0.4, -0.2) is 41.8 Å². The predicted molar refractivity (Wildman–Crippen MR) is 99.8 cm³/mol. The molecule has 4 atom stereocenters. The van der Waals surface area contributed by atoms with Crippen LogP contribution in [0.2, 0.25) is 0 Å². The minimum absolute atomic E-state index is 0. The molecule has 1 N–H and O–H groups in total. The van der Waals surface area contributed by atoms with E-state index in [2.05, 4.69) is 41.9 Å². The largest absolute Gasteiger partial charge is 0.353 e. The molecule has 1 saturated carbocycles. The second-order valence-electron chi connectivity index (χ2n) is 7.38. The molecule has 3 aliphatic rings. The van der Waals surface area contributed by atoms with Gasteiger partial charge in [-0.05, 0) is 49.7 Å². The summed E-state index contributed by atoms with van der Waals surface area (Å²) < 4.78 is 0. The third-order valence-corrected chi connectivity index (χ3v) is 5.98. The topological polar surface area (TPSA) is 27.6 Å². The first-order valence-electron chi connectivity index (χ1n) is 9.11. The van der Waals surface area contributed by atoms with Crippen molar-refractivity contribution in [3.8, 4) is 0 Å². The smallest absolute Gasteiger partial charge is 0.194 e. The Hall–Kier alpha value is -0.640. The van der Waals surface area contributed by atoms with Crippen molar-refractivity contribution in [3.05, 3.63) is 12.2 Å². The number of guanidine groups is 1. The van der Waals surface area contributed by atoms with Crippen LogP contribution in [-0.2, 0) is 0 Å². The average molecular weight is 324 g/mol. The monoisotopic (exact) mass is 323 g/mol. The van der Waals surface area contributed by atoms with E-state index in [4.69, 9.17) is 4.99 Å². The van der Waals surface area contributed by atoms with E-state index in [1.807, 2.05) is 0 Å². The molecule has 0 spiro atoms. The van der Waals surface area contributed by atoms with Crippen LogP contribution >= 0.6 is 12.6 Å². The number of nitrogens with one attached hydrogen (secondary N) is 1. The van der Waals surface area contributed by atoms with Gasteiger partial charge in [-0.25, -0.2) is 4.99 Å². The van der Waals surface area contributed by atoms with E-state index in [0.29, 0.717) is 18.0 Å². The summed E-state index contributed by atoms with van der Waals surface area (Å²) >= 11 is 4.47. The fourth-order valence-corrected chi connectivity index (χ4v) is 4.13. The van der Waals surface area contributed by atoms with Gasteiger partial charge in [0.05, 0.1) is 6.04 Å². The number of nitrogens with zero attached hydrogens (tertiary/aromatic N) is 2. The van der Waals surface area contributed by atoms with Gasteiger partial charge in [-0.15, -0.1) is 0 Å². The first kappa shape index (κ1) is 16.2. The molecule has 4 heteroatoms. The second-order valence-corrected chi connectivity index (χ2v) is 7.75. The first-order chi connectivity index (χ1) is 10.8. The SMILES string of the molecule is CC(CS)CN1CC2CCCCC2N=C1NC1CC=CCC1.[HH]. The highest BCUT2D eigenvalue weighted by Crippen LogP contribution is 2.31. The van der Waals surface area contributed by atoms with E-state index in [-0.39, 0.29) is 1.43 Å². The lowest BCUT2D eigenvalue weighted by Crippen LogP contribution is -2.54. The zero-order valence-corrected chi connectivity index (χ0v) is 14.8. The number of rotatable bonds is 4. The third kappa shape index (κ3) is 4.01. The molecule has 0 bridgehead atoms. The van der Waals surface area contributed by atoms with E-state index < -0.39 is 0 Å². The molecule has 1 aliphatic heterocycles. The van der Waals surface area contributed by atoms with Gasteiger partial charge in [0.1, 0.15) is 0 Å². The van der Waals surface area contributed by atoms with Gasteiger partial charge < -0.3 is 10.2 Å². The molecule has 0 radical (unpaired) electrons. The summed E-state index contributed by atoms with van der Waals surface area (Å²) in [6.45, 7) is 4.57. The number of aliphatic imine (C=N–C) groups is 1. The van der Waals surface area contributed by atoms with E-state index in [9.17, 15) is 0 Å². The highest BCUT2D eigenvalue weighted by atomic mass is 32.1. The van der Waals surface area contributed by atoms with Gasteiger partial charge in [-0.3, -0.25) is 0 Å². The summed E-state index contributed by atoms with van der Waals surface area (Å²) in [5.41, 5.74) is 0. The summed E-state index contributed by atoms with van der Waals surface area (Å²) in [4.78, 5) is 7.67. The number of hydrogen-bond donors (Lipinski definition) is 2. The third-order valence-electron chi connectivity index (χ3n) is 5.36. The molecule has 0 aromatic carbocycles. The van der Waals surface area contributed by atoms with Gasteiger partial charge in [0.2, 0.25) is 0 Å². The highest BCUT2D eigenvalue weighted by molar-refractivity contribution is 7.80. The van der Waals surface area contributed by atoms with Gasteiger partial charge in [0.25, 0.3) is 0 Å². The van der Waals surface area contributed by atoms with Crippen LogP contribution in [0, 0.1) is 11.8 Å². The van der Waals surface area contributed by atoms with Crippen LogP contribution in [0.3, 0.4) is 0 Å². The van der Waals surface area contributed by atoms with Crippen LogP contribution in [0.5, 0.6) is 0 Å². The molecule has 0 aromatic heterocycles. The summed E-state index contributed by atoms with van der Waals surface area (Å²) in [7, 11) is 0. The maximum absolute atomic E-state index is 5.15. The van der Waals surface area contributed by atoms with Gasteiger partial charge in [-0.2, -0.15) is 12.6 Å². The van der Waals surface area contributed by atoms with Crippen molar-refractivity contribution in [2.45, 2.75) is 64.0 Å². The summed E-state index contributed by atoms with van der Waals surface area (Å²) in [5.74, 6) is 3.51. The molecule has 0 amide bonds. The molecule has 0 aromatic rings. The molecule has 2 aliphatic carbocycles. The van der Waals surface area contributed by atoms with E-state index >= 15 is 0 Å². The number of hydrogen-bond acceptors (Lipinski definition) is 4. The lowest BCUT2D eigenvalue weighted by molar-refractivity contribution is 0.204. The van der Waals surface area contributed by atoms with Crippen molar-refractivity contribution in [2.75, 3.05) is 18.8 Å². The molecule has 4 unspecified atom stereocenters. The molecule has 3 rings (SSSR count). The predicted octanol–water partition coefficient (Wildman–Crippen LogP) is 3.73. The zero-order valence-electron chi connectivity index (χ0n) is 13.9. The van der Waals surface area contributed by atoms with Crippen LogP contribution in [0.1, 0.15) is 53.3 Å². The van der Waals surface area contributed by atoms with Crippen LogP contribution in [0.15, 0.2) is 17.1 Å². The Labute approximate surface area is 142 Å². The van der Waals surface area contributed by atoms with Gasteiger partial charge in [0.15, 0.2) is 5.96 Å². The Morgan fingerprint density at radius 2 is 2.23 bits per heavy atom. The molecule has 126 valence electrons. The van der Waals surface area contributed by atoms with Crippen LogP contribution in [0.4, 0.5) is 0 Å². The van der Waals surface area contributed by atoms with Gasteiger partial charge in [0, 0.05) is 20.6 Å². The van der Waals surface area contributed by atoms with Crippen molar-refractivity contribution in [3.63, 3.8) is 0 Å². The second kappa shape index (κ2) is 7.76. The Balaban J connectivity index is 0.00000192. The van der Waals surface area contributed by atoms with Crippen molar-refractivity contribution in [2.24, 2.45) is 16.8 Å². The van der Waals surface area contributed by atoms with Crippen LogP contribution in [0.25, 0.3) is 0 Å². The zero-order chi connectivity index (χ0) is 15.4. The van der Waals surface area contributed by atoms with E-state index in [1.54, 1.807) is 0 Å². The highest BCUT2D eigenvalue weighted by Gasteiger charge is 2.33. The standard InChI is InChI=1S/C18H31N3S.H2/c1-14(13-22)11-21-12-15-7-5-6-10-17(15)20-18(21)19-16-8-3-2-4-9-16;/h2-3,14-17,22H,4-13H2,1H3,(H,19,20);1H. The number of allylic oxidation sites excluding steroid dienone is 1. The van der Waals surface area contributed by atoms with E-state index in [1.165, 1.54) is 51.0 Å². The normalized spacial score (nSPS) is 33.1. The summed E-state index contributed by atoms with van der Waals surface area (Å²) in [6.07, 6.45) is 13.6. The average Bonchev–Trinajstić information content (AvgIpc) is 2.56. The Bertz CT molecular complexity index is 426. The molecule has 1 heterocycles. The summed E-state index contributed by atoms with van der Waals surface area (Å²) in [6, 6.07) is 1.13. The number of thiol groups is 1. The maximum atomic E-state index is 5.15. The Morgan fingerprint density at radius 3 is 3.00 bits per heavy atom.